The van der Waals surface area contributed by atoms with E-state index < -0.39 is 28.8 Å². The Hall–Kier alpha value is -3.08. The van der Waals surface area contributed by atoms with Gasteiger partial charge in [-0.1, -0.05) is 35.9 Å². The van der Waals surface area contributed by atoms with Crippen LogP contribution in [0.15, 0.2) is 35.9 Å². The lowest BCUT2D eigenvalue weighted by Gasteiger charge is -2.22. The van der Waals surface area contributed by atoms with Crippen molar-refractivity contribution in [2.75, 3.05) is 0 Å². The summed E-state index contributed by atoms with van der Waals surface area (Å²) in [6.45, 7) is 3.84. The van der Waals surface area contributed by atoms with E-state index in [1.807, 2.05) is 19.9 Å². The second-order valence-electron chi connectivity index (χ2n) is 6.30. The number of aromatic hydroxyl groups is 3. The molecule has 3 rings (SSSR count). The molecule has 0 spiro atoms. The Morgan fingerprint density at radius 3 is 1.92 bits per heavy atom. The van der Waals surface area contributed by atoms with Gasteiger partial charge >= 0.3 is 0 Å². The zero-order valence-corrected chi connectivity index (χ0v) is 14.0. The second-order valence-corrected chi connectivity index (χ2v) is 6.30. The van der Waals surface area contributed by atoms with E-state index in [1.54, 1.807) is 12.1 Å². The molecular weight excluding hydrogens is 320 g/mol. The maximum absolute atomic E-state index is 12.8. The van der Waals surface area contributed by atoms with Gasteiger partial charge in [-0.05, 0) is 26.7 Å². The summed E-state index contributed by atoms with van der Waals surface area (Å²) < 4.78 is 0. The molecule has 0 aliphatic heterocycles. The van der Waals surface area contributed by atoms with Gasteiger partial charge in [0.2, 0.25) is 0 Å². The van der Waals surface area contributed by atoms with E-state index in [-0.39, 0.29) is 34.2 Å². The molecule has 25 heavy (non-hydrogen) atoms. The van der Waals surface area contributed by atoms with Crippen LogP contribution in [0.1, 0.15) is 57.7 Å². The van der Waals surface area contributed by atoms with Crippen molar-refractivity contribution in [3.05, 3.63) is 63.7 Å². The SMILES string of the molecule is CC(C)=CCCc1c(O)c(O)c2c(c1O)C(=O)c1ccccc1C2=O. The van der Waals surface area contributed by atoms with Crippen molar-refractivity contribution in [2.45, 2.75) is 26.7 Å². The Balaban J connectivity index is 2.21. The number of benzene rings is 2. The molecule has 1 aliphatic carbocycles. The normalized spacial score (nSPS) is 12.6. The van der Waals surface area contributed by atoms with E-state index >= 15 is 0 Å². The highest BCUT2D eigenvalue weighted by Crippen LogP contribution is 2.46. The quantitative estimate of drug-likeness (QED) is 0.386. The first-order valence-electron chi connectivity index (χ1n) is 7.96. The third-order valence-electron chi connectivity index (χ3n) is 4.34. The molecule has 0 radical (unpaired) electrons. The average Bonchev–Trinajstić information content (AvgIpc) is 2.58. The van der Waals surface area contributed by atoms with Crippen LogP contribution < -0.4 is 0 Å². The van der Waals surface area contributed by atoms with Crippen molar-refractivity contribution in [3.8, 4) is 17.2 Å². The number of carbonyl (C=O) groups excluding carboxylic acids is 2. The molecule has 0 heterocycles. The fraction of sp³-hybridized carbons (Fsp3) is 0.200. The van der Waals surface area contributed by atoms with Gasteiger partial charge in [0.05, 0.1) is 11.1 Å². The third kappa shape index (κ3) is 2.58. The Morgan fingerprint density at radius 2 is 1.40 bits per heavy atom. The van der Waals surface area contributed by atoms with Gasteiger partial charge in [0.15, 0.2) is 23.1 Å². The number of phenols is 3. The summed E-state index contributed by atoms with van der Waals surface area (Å²) >= 11 is 0. The van der Waals surface area contributed by atoms with E-state index in [4.69, 9.17) is 0 Å². The van der Waals surface area contributed by atoms with Crippen molar-refractivity contribution < 1.29 is 24.9 Å². The highest BCUT2D eigenvalue weighted by molar-refractivity contribution is 6.30. The molecule has 0 amide bonds. The Morgan fingerprint density at radius 1 is 0.880 bits per heavy atom. The maximum Gasteiger partial charge on any atom is 0.198 e. The molecule has 5 heteroatoms. The van der Waals surface area contributed by atoms with Crippen LogP contribution in [0.3, 0.4) is 0 Å². The topological polar surface area (TPSA) is 94.8 Å². The van der Waals surface area contributed by atoms with E-state index in [9.17, 15) is 24.9 Å². The second kappa shape index (κ2) is 6.09. The fourth-order valence-electron chi connectivity index (χ4n) is 3.09. The van der Waals surface area contributed by atoms with Gasteiger partial charge in [-0.2, -0.15) is 0 Å². The van der Waals surface area contributed by atoms with E-state index in [2.05, 4.69) is 0 Å². The molecule has 1 aliphatic rings. The number of hydrogen-bond acceptors (Lipinski definition) is 5. The monoisotopic (exact) mass is 338 g/mol. The number of hydrogen-bond donors (Lipinski definition) is 3. The van der Waals surface area contributed by atoms with Crippen LogP contribution in [-0.4, -0.2) is 26.9 Å². The average molecular weight is 338 g/mol. The third-order valence-corrected chi connectivity index (χ3v) is 4.34. The lowest BCUT2D eigenvalue weighted by molar-refractivity contribution is 0.0973. The molecule has 2 aromatic carbocycles. The Kier molecular flexibility index (Phi) is 4.08. The summed E-state index contributed by atoms with van der Waals surface area (Å²) in [5, 5.41) is 31.1. The molecule has 0 aromatic heterocycles. The van der Waals surface area contributed by atoms with E-state index in [0.29, 0.717) is 6.42 Å². The van der Waals surface area contributed by atoms with Crippen LogP contribution in [0.5, 0.6) is 17.2 Å². The number of allylic oxidation sites excluding steroid dienone is 2. The zero-order valence-electron chi connectivity index (χ0n) is 14.0. The maximum atomic E-state index is 12.8. The summed E-state index contributed by atoms with van der Waals surface area (Å²) in [6, 6.07) is 6.22. The first-order valence-corrected chi connectivity index (χ1v) is 7.96. The van der Waals surface area contributed by atoms with E-state index in [0.717, 1.165) is 5.57 Å². The summed E-state index contributed by atoms with van der Waals surface area (Å²) in [7, 11) is 0. The van der Waals surface area contributed by atoms with Gasteiger partial charge in [-0.25, -0.2) is 0 Å². The zero-order chi connectivity index (χ0) is 18.3. The standard InChI is InChI=1S/C20H18O5/c1-10(2)6-5-9-13-18(23)14-15(20(25)19(13)24)17(22)12-8-4-3-7-11(12)16(14)21/h3-4,6-8,23-25H,5,9H2,1-2H3. The summed E-state index contributed by atoms with van der Waals surface area (Å²) in [4.78, 5) is 25.4. The summed E-state index contributed by atoms with van der Waals surface area (Å²) in [5.41, 5.74) is 0.869. The van der Waals surface area contributed by atoms with Crippen LogP contribution >= 0.6 is 0 Å². The molecule has 0 atom stereocenters. The lowest BCUT2D eigenvalue weighted by Crippen LogP contribution is -2.21. The molecule has 2 aromatic rings. The van der Waals surface area contributed by atoms with Crippen LogP contribution in [0.2, 0.25) is 0 Å². The smallest absolute Gasteiger partial charge is 0.198 e. The molecule has 3 N–H and O–H groups in total. The van der Waals surface area contributed by atoms with Crippen molar-refractivity contribution >= 4 is 11.6 Å². The molecule has 0 saturated carbocycles. The van der Waals surface area contributed by atoms with Crippen LogP contribution in [-0.2, 0) is 6.42 Å². The van der Waals surface area contributed by atoms with Crippen molar-refractivity contribution in [1.82, 2.24) is 0 Å². The van der Waals surface area contributed by atoms with Crippen molar-refractivity contribution in [3.63, 3.8) is 0 Å². The molecule has 0 saturated heterocycles. The van der Waals surface area contributed by atoms with Gasteiger partial charge in [-0.3, -0.25) is 9.59 Å². The Labute approximate surface area is 144 Å². The summed E-state index contributed by atoms with van der Waals surface area (Å²) in [5.74, 6) is -2.79. The van der Waals surface area contributed by atoms with Crippen LogP contribution in [0.25, 0.3) is 0 Å². The summed E-state index contributed by atoms with van der Waals surface area (Å²) in [6.07, 6.45) is 2.66. The molecule has 0 fully saturated rings. The minimum absolute atomic E-state index is 0.0641. The molecular formula is C20H18O5. The van der Waals surface area contributed by atoms with Crippen molar-refractivity contribution in [1.29, 1.82) is 0 Å². The highest BCUT2D eigenvalue weighted by Gasteiger charge is 2.37. The number of carbonyl (C=O) groups is 2. The van der Waals surface area contributed by atoms with Crippen molar-refractivity contribution in [2.24, 2.45) is 0 Å². The van der Waals surface area contributed by atoms with Gasteiger partial charge in [-0.15, -0.1) is 0 Å². The van der Waals surface area contributed by atoms with Gasteiger partial charge in [0.25, 0.3) is 0 Å². The fourth-order valence-corrected chi connectivity index (χ4v) is 3.09. The molecule has 5 nitrogen and oxygen atoms in total. The van der Waals surface area contributed by atoms with E-state index in [1.165, 1.54) is 12.1 Å². The number of ketones is 2. The minimum Gasteiger partial charge on any atom is -0.507 e. The van der Waals surface area contributed by atoms with Crippen LogP contribution in [0, 0.1) is 0 Å². The Bertz CT molecular complexity index is 934. The van der Waals surface area contributed by atoms with Gasteiger partial charge in [0.1, 0.15) is 5.75 Å². The first-order chi connectivity index (χ1) is 11.8. The molecule has 128 valence electrons. The highest BCUT2D eigenvalue weighted by atomic mass is 16.3. The minimum atomic E-state index is -0.659. The van der Waals surface area contributed by atoms with Gasteiger partial charge in [0, 0.05) is 16.7 Å². The number of fused-ring (bicyclic) bond motifs is 2. The molecule has 0 unspecified atom stereocenters. The van der Waals surface area contributed by atoms with Gasteiger partial charge < -0.3 is 15.3 Å². The molecule has 0 bridgehead atoms. The number of phenolic OH excluding ortho intramolecular Hbond substituents is 3. The predicted octanol–water partition coefficient (Wildman–Crippen LogP) is 3.48. The largest absolute Gasteiger partial charge is 0.507 e. The lowest BCUT2D eigenvalue weighted by atomic mass is 9.81. The first kappa shape index (κ1) is 16.8. The van der Waals surface area contributed by atoms with Crippen LogP contribution in [0.4, 0.5) is 0 Å². The number of rotatable bonds is 3. The predicted molar refractivity (Wildman–Crippen MR) is 92.5 cm³/mol.